The molecule has 1 unspecified atom stereocenters. The van der Waals surface area contributed by atoms with E-state index in [1.54, 1.807) is 0 Å². The number of amides is 1. The zero-order valence-corrected chi connectivity index (χ0v) is 12.3. The Labute approximate surface area is 118 Å². The zero-order chi connectivity index (χ0) is 14.8. The molecular formula is C12H18N4O3S. The van der Waals surface area contributed by atoms with Gasteiger partial charge in [0.2, 0.25) is 5.95 Å². The summed E-state index contributed by atoms with van der Waals surface area (Å²) in [7, 11) is -2.93. The van der Waals surface area contributed by atoms with Gasteiger partial charge >= 0.3 is 0 Å². The van der Waals surface area contributed by atoms with Crippen LogP contribution >= 0.6 is 0 Å². The van der Waals surface area contributed by atoms with Gasteiger partial charge in [-0.15, -0.1) is 0 Å². The highest BCUT2D eigenvalue weighted by Crippen LogP contribution is 2.14. The Hall–Kier alpha value is -1.70. The van der Waals surface area contributed by atoms with Crippen molar-refractivity contribution in [1.29, 1.82) is 0 Å². The van der Waals surface area contributed by atoms with Crippen molar-refractivity contribution in [3.05, 3.63) is 18.0 Å². The highest BCUT2D eigenvalue weighted by Gasteiger charge is 2.28. The Kier molecular flexibility index (Phi) is 4.22. The lowest BCUT2D eigenvalue weighted by Gasteiger charge is -2.11. The Morgan fingerprint density at radius 1 is 1.35 bits per heavy atom. The van der Waals surface area contributed by atoms with Crippen LogP contribution in [-0.4, -0.2) is 47.9 Å². The molecule has 1 saturated heterocycles. The van der Waals surface area contributed by atoms with Gasteiger partial charge < -0.3 is 10.6 Å². The average Bonchev–Trinajstić information content (AvgIpc) is 2.68. The first kappa shape index (κ1) is 14.7. The largest absolute Gasteiger partial charge is 0.350 e. The van der Waals surface area contributed by atoms with Crippen LogP contribution in [0.15, 0.2) is 12.4 Å². The van der Waals surface area contributed by atoms with Crippen molar-refractivity contribution in [3.8, 4) is 0 Å². The third-order valence-corrected chi connectivity index (χ3v) is 4.67. The maximum absolute atomic E-state index is 11.7. The van der Waals surface area contributed by atoms with Crippen molar-refractivity contribution in [2.75, 3.05) is 16.8 Å². The summed E-state index contributed by atoms with van der Waals surface area (Å²) in [6.07, 6.45) is 3.41. The summed E-state index contributed by atoms with van der Waals surface area (Å²) in [4.78, 5) is 19.8. The minimum Gasteiger partial charge on any atom is -0.350 e. The molecule has 20 heavy (non-hydrogen) atoms. The van der Waals surface area contributed by atoms with Crippen LogP contribution in [0.1, 0.15) is 30.6 Å². The van der Waals surface area contributed by atoms with E-state index >= 15 is 0 Å². The summed E-state index contributed by atoms with van der Waals surface area (Å²) in [6, 6.07) is -0.112. The van der Waals surface area contributed by atoms with Crippen LogP contribution < -0.4 is 10.6 Å². The van der Waals surface area contributed by atoms with Crippen molar-refractivity contribution in [2.24, 2.45) is 0 Å². The van der Waals surface area contributed by atoms with E-state index in [2.05, 4.69) is 20.6 Å². The third-order valence-electron chi connectivity index (χ3n) is 2.90. The number of anilines is 1. The first-order chi connectivity index (χ1) is 9.35. The molecule has 1 atom stereocenters. The van der Waals surface area contributed by atoms with Crippen LogP contribution in [-0.2, 0) is 9.84 Å². The second-order valence-corrected chi connectivity index (χ2v) is 7.40. The minimum atomic E-state index is -2.93. The maximum atomic E-state index is 11.7. The van der Waals surface area contributed by atoms with Crippen molar-refractivity contribution >= 4 is 21.7 Å². The summed E-state index contributed by atoms with van der Waals surface area (Å²) < 4.78 is 22.7. The fourth-order valence-corrected chi connectivity index (χ4v) is 3.63. The van der Waals surface area contributed by atoms with Gasteiger partial charge in [-0.25, -0.2) is 18.4 Å². The van der Waals surface area contributed by atoms with E-state index in [1.807, 2.05) is 13.8 Å². The lowest BCUT2D eigenvalue weighted by molar-refractivity contribution is 0.0942. The molecule has 0 saturated carbocycles. The fraction of sp³-hybridized carbons (Fsp3) is 0.583. The van der Waals surface area contributed by atoms with Gasteiger partial charge in [0.05, 0.1) is 17.1 Å². The quantitative estimate of drug-likeness (QED) is 0.824. The van der Waals surface area contributed by atoms with Gasteiger partial charge in [-0.05, 0) is 20.3 Å². The third kappa shape index (κ3) is 3.89. The molecule has 8 heteroatoms. The van der Waals surface area contributed by atoms with E-state index in [-0.39, 0.29) is 29.5 Å². The average molecular weight is 298 g/mol. The zero-order valence-electron chi connectivity index (χ0n) is 11.5. The van der Waals surface area contributed by atoms with E-state index in [4.69, 9.17) is 0 Å². The normalized spacial score (nSPS) is 20.9. The van der Waals surface area contributed by atoms with Gasteiger partial charge in [0.15, 0.2) is 9.84 Å². The highest BCUT2D eigenvalue weighted by atomic mass is 32.2. The van der Waals surface area contributed by atoms with Crippen molar-refractivity contribution < 1.29 is 13.2 Å². The molecule has 2 N–H and O–H groups in total. The minimum absolute atomic E-state index is 0.0454. The molecule has 1 fully saturated rings. The van der Waals surface area contributed by atoms with Crippen LogP contribution in [0.3, 0.4) is 0 Å². The van der Waals surface area contributed by atoms with Crippen molar-refractivity contribution in [2.45, 2.75) is 32.4 Å². The highest BCUT2D eigenvalue weighted by molar-refractivity contribution is 7.91. The topological polar surface area (TPSA) is 101 Å². The summed E-state index contributed by atoms with van der Waals surface area (Å²) in [5.41, 5.74) is 0.378. The molecule has 0 bridgehead atoms. The molecule has 0 aromatic carbocycles. The Balaban J connectivity index is 1.97. The summed E-state index contributed by atoms with van der Waals surface area (Å²) in [6.45, 7) is 3.74. The van der Waals surface area contributed by atoms with Crippen LogP contribution in [0.2, 0.25) is 0 Å². The second kappa shape index (κ2) is 5.74. The molecule has 1 aromatic heterocycles. The number of hydrogen-bond donors (Lipinski definition) is 2. The number of carbonyl (C=O) groups is 1. The maximum Gasteiger partial charge on any atom is 0.254 e. The SMILES string of the molecule is CC(C)NC(=O)c1cnc(NC2CCS(=O)(=O)C2)nc1. The molecule has 2 rings (SSSR count). The van der Waals surface area contributed by atoms with E-state index in [0.717, 1.165) is 0 Å². The molecule has 1 amide bonds. The molecule has 1 aliphatic rings. The fourth-order valence-electron chi connectivity index (χ4n) is 1.96. The van der Waals surface area contributed by atoms with Crippen LogP contribution in [0, 0.1) is 0 Å². The van der Waals surface area contributed by atoms with Crippen LogP contribution in [0.4, 0.5) is 5.95 Å². The molecule has 1 aromatic rings. The first-order valence-electron chi connectivity index (χ1n) is 6.45. The van der Waals surface area contributed by atoms with E-state index < -0.39 is 9.84 Å². The van der Waals surface area contributed by atoms with E-state index in [1.165, 1.54) is 12.4 Å². The summed E-state index contributed by atoms with van der Waals surface area (Å²) in [5, 5.41) is 5.71. The van der Waals surface area contributed by atoms with Crippen molar-refractivity contribution in [3.63, 3.8) is 0 Å². The number of rotatable bonds is 4. The van der Waals surface area contributed by atoms with Gasteiger partial charge in [-0.3, -0.25) is 4.79 Å². The first-order valence-corrected chi connectivity index (χ1v) is 8.28. The predicted octanol–water partition coefficient (Wildman–Crippen LogP) is 0.214. The molecule has 0 spiro atoms. The summed E-state index contributed by atoms with van der Waals surface area (Å²) >= 11 is 0. The van der Waals surface area contributed by atoms with Gasteiger partial charge in [-0.1, -0.05) is 0 Å². The van der Waals surface area contributed by atoms with E-state index in [0.29, 0.717) is 17.9 Å². The predicted molar refractivity (Wildman–Crippen MR) is 75.3 cm³/mol. The van der Waals surface area contributed by atoms with Gasteiger partial charge in [0, 0.05) is 24.5 Å². The number of nitrogens with one attached hydrogen (secondary N) is 2. The molecular weight excluding hydrogens is 280 g/mol. The standard InChI is InChI=1S/C12H18N4O3S/c1-8(2)15-11(17)9-5-13-12(14-6-9)16-10-3-4-20(18,19)7-10/h5-6,8,10H,3-4,7H2,1-2H3,(H,15,17)(H,13,14,16). The number of aromatic nitrogens is 2. The number of carbonyl (C=O) groups excluding carboxylic acids is 1. The molecule has 2 heterocycles. The van der Waals surface area contributed by atoms with Gasteiger partial charge in [0.1, 0.15) is 0 Å². The summed E-state index contributed by atoms with van der Waals surface area (Å²) in [5.74, 6) is 0.411. The molecule has 7 nitrogen and oxygen atoms in total. The lowest BCUT2D eigenvalue weighted by Crippen LogP contribution is -2.30. The van der Waals surface area contributed by atoms with Crippen LogP contribution in [0.5, 0.6) is 0 Å². The van der Waals surface area contributed by atoms with Gasteiger partial charge in [0.25, 0.3) is 5.91 Å². The van der Waals surface area contributed by atoms with Crippen molar-refractivity contribution in [1.82, 2.24) is 15.3 Å². The monoisotopic (exact) mass is 298 g/mol. The molecule has 110 valence electrons. The Bertz CT molecular complexity index is 583. The lowest BCUT2D eigenvalue weighted by atomic mass is 10.2. The smallest absolute Gasteiger partial charge is 0.254 e. The Morgan fingerprint density at radius 3 is 2.50 bits per heavy atom. The molecule has 0 radical (unpaired) electrons. The van der Waals surface area contributed by atoms with Gasteiger partial charge in [-0.2, -0.15) is 0 Å². The molecule has 0 aliphatic carbocycles. The number of hydrogen-bond acceptors (Lipinski definition) is 6. The second-order valence-electron chi connectivity index (χ2n) is 5.17. The number of sulfone groups is 1. The van der Waals surface area contributed by atoms with Crippen LogP contribution in [0.25, 0.3) is 0 Å². The molecule has 1 aliphatic heterocycles. The van der Waals surface area contributed by atoms with E-state index in [9.17, 15) is 13.2 Å². The Morgan fingerprint density at radius 2 is 2.00 bits per heavy atom. The number of nitrogens with zero attached hydrogens (tertiary/aromatic N) is 2.